The summed E-state index contributed by atoms with van der Waals surface area (Å²) in [5.74, 6) is 0. The van der Waals surface area contributed by atoms with Gasteiger partial charge in [0.15, 0.2) is 0 Å². The zero-order chi connectivity index (χ0) is 25.1. The highest BCUT2D eigenvalue weighted by Crippen LogP contribution is 2.24. The molecular formula is C32H28N4. The molecule has 0 atom stereocenters. The summed E-state index contributed by atoms with van der Waals surface area (Å²) >= 11 is 0. The standard InChI is InChI=1S/C32H28N4/c33-27-13-5-23(6-14-27)31(24-7-15-28(34)16-8-24)21-1-2-22(4-3-21)32(25-9-17-29(35)18-10-25)26-11-19-30(36)20-12-26/h1-20H,33-36H2. The summed E-state index contributed by atoms with van der Waals surface area (Å²) in [6.07, 6.45) is 0. The Morgan fingerprint density at radius 3 is 0.667 bits per heavy atom. The van der Waals surface area contributed by atoms with Crippen LogP contribution in [0.4, 0.5) is 22.7 Å². The molecule has 0 spiro atoms. The summed E-state index contributed by atoms with van der Waals surface area (Å²) < 4.78 is 0. The maximum atomic E-state index is 5.96. The van der Waals surface area contributed by atoms with Crippen LogP contribution >= 0.6 is 0 Å². The van der Waals surface area contributed by atoms with Crippen molar-refractivity contribution in [1.29, 1.82) is 0 Å². The lowest BCUT2D eigenvalue weighted by molar-refractivity contribution is 1.44. The number of nitrogens with two attached hydrogens (primary N) is 4. The molecule has 36 heavy (non-hydrogen) atoms. The van der Waals surface area contributed by atoms with E-state index in [0.717, 1.165) is 66.6 Å². The van der Waals surface area contributed by atoms with E-state index >= 15 is 0 Å². The van der Waals surface area contributed by atoms with Crippen LogP contribution in [0.15, 0.2) is 121 Å². The van der Waals surface area contributed by atoms with E-state index in [9.17, 15) is 0 Å². The normalized spacial score (nSPS) is 10.7. The van der Waals surface area contributed by atoms with Crippen LogP contribution < -0.4 is 33.4 Å². The summed E-state index contributed by atoms with van der Waals surface area (Å²) in [6.45, 7) is 0. The second kappa shape index (κ2) is 9.72. The molecule has 0 saturated heterocycles. The number of hydrogen-bond acceptors (Lipinski definition) is 4. The molecule has 4 heteroatoms. The summed E-state index contributed by atoms with van der Waals surface area (Å²) in [5, 5.41) is 2.20. The fourth-order valence-corrected chi connectivity index (χ4v) is 4.40. The molecule has 5 aromatic rings. The van der Waals surface area contributed by atoms with Crippen molar-refractivity contribution in [2.45, 2.75) is 0 Å². The molecule has 0 aliphatic carbocycles. The SMILES string of the molecule is Nc1ccc(C(c2ccc(N)cc2)=c2ccc(=C(c3ccc(N)cc3)c3ccc(N)cc3)cc2)cc1. The quantitative estimate of drug-likeness (QED) is 0.291. The summed E-state index contributed by atoms with van der Waals surface area (Å²) in [4.78, 5) is 0. The first-order valence-electron chi connectivity index (χ1n) is 11.8. The molecule has 0 fully saturated rings. The summed E-state index contributed by atoms with van der Waals surface area (Å²) in [6, 6.07) is 40.4. The van der Waals surface area contributed by atoms with Crippen molar-refractivity contribution in [1.82, 2.24) is 0 Å². The Kier molecular flexibility index (Phi) is 6.16. The highest BCUT2D eigenvalue weighted by atomic mass is 14.5. The Balaban J connectivity index is 1.76. The van der Waals surface area contributed by atoms with Gasteiger partial charge in [-0.3, -0.25) is 0 Å². The maximum Gasteiger partial charge on any atom is 0.0314 e. The van der Waals surface area contributed by atoms with Gasteiger partial charge >= 0.3 is 0 Å². The molecule has 0 amide bonds. The van der Waals surface area contributed by atoms with Crippen LogP contribution in [0.1, 0.15) is 22.3 Å². The largest absolute Gasteiger partial charge is 0.399 e. The average Bonchev–Trinajstić information content (AvgIpc) is 2.90. The zero-order valence-electron chi connectivity index (χ0n) is 19.9. The van der Waals surface area contributed by atoms with Crippen LogP contribution in [0.5, 0.6) is 0 Å². The average molecular weight is 469 g/mol. The Hall–Kier alpha value is -4.96. The van der Waals surface area contributed by atoms with Gasteiger partial charge in [0.1, 0.15) is 0 Å². The number of benzene rings is 5. The molecule has 5 aromatic carbocycles. The number of rotatable bonds is 4. The van der Waals surface area contributed by atoms with Crippen molar-refractivity contribution in [3.8, 4) is 0 Å². The van der Waals surface area contributed by atoms with Crippen LogP contribution in [0, 0.1) is 0 Å². The smallest absolute Gasteiger partial charge is 0.0314 e. The second-order valence-corrected chi connectivity index (χ2v) is 8.82. The third-order valence-corrected chi connectivity index (χ3v) is 6.26. The molecule has 0 radical (unpaired) electrons. The van der Waals surface area contributed by atoms with Crippen molar-refractivity contribution in [2.24, 2.45) is 0 Å². The van der Waals surface area contributed by atoms with E-state index in [1.54, 1.807) is 0 Å². The Morgan fingerprint density at radius 1 is 0.278 bits per heavy atom. The second-order valence-electron chi connectivity index (χ2n) is 8.82. The minimum absolute atomic E-state index is 0.733. The predicted molar refractivity (Wildman–Crippen MR) is 152 cm³/mol. The van der Waals surface area contributed by atoms with Gasteiger partial charge in [-0.15, -0.1) is 0 Å². The molecule has 4 nitrogen and oxygen atoms in total. The van der Waals surface area contributed by atoms with Crippen molar-refractivity contribution in [2.75, 3.05) is 22.9 Å². The molecule has 0 aliphatic rings. The molecule has 0 heterocycles. The van der Waals surface area contributed by atoms with Gasteiger partial charge in [-0.05, 0) is 92.4 Å². The molecule has 176 valence electrons. The molecule has 0 unspecified atom stereocenters. The van der Waals surface area contributed by atoms with E-state index in [4.69, 9.17) is 22.9 Å². The topological polar surface area (TPSA) is 104 Å². The van der Waals surface area contributed by atoms with Gasteiger partial charge in [-0.2, -0.15) is 0 Å². The highest BCUT2D eigenvalue weighted by molar-refractivity contribution is 5.82. The predicted octanol–water partition coefficient (Wildman–Crippen LogP) is 4.51. The van der Waals surface area contributed by atoms with Crippen LogP contribution in [0.25, 0.3) is 11.1 Å². The van der Waals surface area contributed by atoms with Crippen LogP contribution in [-0.4, -0.2) is 0 Å². The van der Waals surface area contributed by atoms with E-state index in [0.29, 0.717) is 0 Å². The molecule has 5 rings (SSSR count). The molecule has 0 aliphatic heterocycles. The van der Waals surface area contributed by atoms with Crippen molar-refractivity contribution in [3.05, 3.63) is 154 Å². The van der Waals surface area contributed by atoms with Gasteiger partial charge in [0.25, 0.3) is 0 Å². The number of hydrogen-bond donors (Lipinski definition) is 4. The highest BCUT2D eigenvalue weighted by Gasteiger charge is 2.09. The third-order valence-electron chi connectivity index (χ3n) is 6.26. The van der Waals surface area contributed by atoms with Gasteiger partial charge in [-0.25, -0.2) is 0 Å². The van der Waals surface area contributed by atoms with Gasteiger partial charge in [-0.1, -0.05) is 72.8 Å². The molecule has 8 N–H and O–H groups in total. The first-order chi connectivity index (χ1) is 17.5. The number of nitrogen functional groups attached to an aromatic ring is 4. The van der Waals surface area contributed by atoms with Crippen molar-refractivity contribution < 1.29 is 0 Å². The Labute approximate surface area is 210 Å². The van der Waals surface area contributed by atoms with E-state index in [-0.39, 0.29) is 0 Å². The van der Waals surface area contributed by atoms with E-state index in [1.807, 2.05) is 48.5 Å². The lowest BCUT2D eigenvalue weighted by Crippen LogP contribution is -2.15. The zero-order valence-corrected chi connectivity index (χ0v) is 19.9. The summed E-state index contributed by atoms with van der Waals surface area (Å²) in [7, 11) is 0. The monoisotopic (exact) mass is 468 g/mol. The van der Waals surface area contributed by atoms with Crippen molar-refractivity contribution >= 4 is 33.9 Å². The Morgan fingerprint density at radius 2 is 0.472 bits per heavy atom. The Bertz CT molecular complexity index is 1370. The van der Waals surface area contributed by atoms with Gasteiger partial charge in [0.05, 0.1) is 0 Å². The van der Waals surface area contributed by atoms with Crippen LogP contribution in [-0.2, 0) is 0 Å². The van der Waals surface area contributed by atoms with Gasteiger partial charge in [0, 0.05) is 22.7 Å². The number of anilines is 4. The van der Waals surface area contributed by atoms with Crippen LogP contribution in [0.2, 0.25) is 0 Å². The summed E-state index contributed by atoms with van der Waals surface area (Å²) in [5.41, 5.74) is 33.4. The fraction of sp³-hybridized carbons (Fsp3) is 0. The van der Waals surface area contributed by atoms with Gasteiger partial charge in [0.2, 0.25) is 0 Å². The van der Waals surface area contributed by atoms with E-state index in [1.165, 1.54) is 0 Å². The fourth-order valence-electron chi connectivity index (χ4n) is 4.40. The van der Waals surface area contributed by atoms with Gasteiger partial charge < -0.3 is 22.9 Å². The third kappa shape index (κ3) is 4.79. The van der Waals surface area contributed by atoms with E-state index in [2.05, 4.69) is 72.8 Å². The van der Waals surface area contributed by atoms with Crippen molar-refractivity contribution in [3.63, 3.8) is 0 Å². The lowest BCUT2D eigenvalue weighted by Gasteiger charge is -2.12. The van der Waals surface area contributed by atoms with E-state index < -0.39 is 0 Å². The molecular weight excluding hydrogens is 440 g/mol. The maximum absolute atomic E-state index is 5.96. The minimum Gasteiger partial charge on any atom is -0.399 e. The molecule has 0 aromatic heterocycles. The lowest BCUT2D eigenvalue weighted by atomic mass is 9.93. The van der Waals surface area contributed by atoms with Crippen LogP contribution in [0.3, 0.4) is 0 Å². The first-order valence-corrected chi connectivity index (χ1v) is 11.8. The molecule has 0 saturated carbocycles. The first kappa shape index (κ1) is 22.8. The minimum atomic E-state index is 0.733. The molecule has 0 bridgehead atoms.